The largest absolute Gasteiger partial charge is 0.393 e. The fraction of sp³-hybridized carbons (Fsp3) is 0.571. The summed E-state index contributed by atoms with van der Waals surface area (Å²) in [5.74, 6) is 0. The lowest BCUT2D eigenvalue weighted by Gasteiger charge is -2.29. The summed E-state index contributed by atoms with van der Waals surface area (Å²) in [6.07, 6.45) is 4.05. The fourth-order valence-electron chi connectivity index (χ4n) is 2.52. The molecule has 2 nitrogen and oxygen atoms in total. The van der Waals surface area contributed by atoms with Crippen LogP contribution >= 0.6 is 15.9 Å². The van der Waals surface area contributed by atoms with Gasteiger partial charge in [0.1, 0.15) is 0 Å². The molecule has 3 heteroatoms. The first-order chi connectivity index (χ1) is 8.15. The van der Waals surface area contributed by atoms with Crippen LogP contribution in [0.5, 0.6) is 0 Å². The maximum atomic E-state index is 9.65. The Balaban J connectivity index is 1.91. The molecule has 1 saturated carbocycles. The van der Waals surface area contributed by atoms with E-state index >= 15 is 0 Å². The number of nitrogens with one attached hydrogen (secondary N) is 1. The van der Waals surface area contributed by atoms with Crippen LogP contribution in [0.2, 0.25) is 0 Å². The van der Waals surface area contributed by atoms with Crippen molar-refractivity contribution >= 4 is 15.9 Å². The Morgan fingerprint density at radius 2 is 2.00 bits per heavy atom. The Bertz CT molecular complexity index is 352. The molecule has 1 fully saturated rings. The molecule has 2 N–H and O–H groups in total. The highest BCUT2D eigenvalue weighted by atomic mass is 79.9. The number of benzene rings is 1. The summed E-state index contributed by atoms with van der Waals surface area (Å²) in [4.78, 5) is 0. The Morgan fingerprint density at radius 1 is 1.29 bits per heavy atom. The standard InChI is InChI=1S/C14H20BrNO/c1-10(11-5-7-12(15)8-6-11)16-13-3-2-4-14(17)9-13/h5-8,10,13-14,16-17H,2-4,9H2,1H3. The number of hydrogen-bond acceptors (Lipinski definition) is 2. The van der Waals surface area contributed by atoms with Crippen molar-refractivity contribution in [1.29, 1.82) is 0 Å². The topological polar surface area (TPSA) is 32.3 Å². The van der Waals surface area contributed by atoms with Crippen LogP contribution in [0.25, 0.3) is 0 Å². The zero-order chi connectivity index (χ0) is 12.3. The van der Waals surface area contributed by atoms with Gasteiger partial charge in [-0.1, -0.05) is 28.1 Å². The molecule has 1 aliphatic carbocycles. The minimum Gasteiger partial charge on any atom is -0.393 e. The van der Waals surface area contributed by atoms with Crippen LogP contribution in [0.15, 0.2) is 28.7 Å². The van der Waals surface area contributed by atoms with Gasteiger partial charge in [0.25, 0.3) is 0 Å². The minimum atomic E-state index is -0.113. The zero-order valence-electron chi connectivity index (χ0n) is 10.2. The Hall–Kier alpha value is -0.380. The first-order valence-corrected chi connectivity index (χ1v) is 7.14. The van der Waals surface area contributed by atoms with Crippen molar-refractivity contribution in [3.8, 4) is 0 Å². The minimum absolute atomic E-state index is 0.113. The molecule has 0 amide bonds. The molecular weight excluding hydrogens is 278 g/mol. The van der Waals surface area contributed by atoms with Crippen molar-refractivity contribution in [2.75, 3.05) is 0 Å². The van der Waals surface area contributed by atoms with Crippen molar-refractivity contribution in [2.24, 2.45) is 0 Å². The summed E-state index contributed by atoms with van der Waals surface area (Å²) >= 11 is 3.45. The van der Waals surface area contributed by atoms with Gasteiger partial charge in [0.2, 0.25) is 0 Å². The summed E-state index contributed by atoms with van der Waals surface area (Å²) < 4.78 is 1.11. The number of halogens is 1. The smallest absolute Gasteiger partial charge is 0.0555 e. The molecule has 0 spiro atoms. The Morgan fingerprint density at radius 3 is 2.65 bits per heavy atom. The van der Waals surface area contributed by atoms with Gasteiger partial charge in [-0.2, -0.15) is 0 Å². The average Bonchev–Trinajstić information content (AvgIpc) is 2.29. The third kappa shape index (κ3) is 3.80. The SMILES string of the molecule is CC(NC1CCCC(O)C1)c1ccc(Br)cc1. The second-order valence-corrected chi connectivity index (χ2v) is 5.87. The summed E-state index contributed by atoms with van der Waals surface area (Å²) in [5, 5.41) is 13.3. The predicted molar refractivity (Wildman–Crippen MR) is 74.0 cm³/mol. The molecule has 3 unspecified atom stereocenters. The van der Waals surface area contributed by atoms with Gasteiger partial charge in [-0.3, -0.25) is 0 Å². The van der Waals surface area contributed by atoms with Crippen LogP contribution in [0.3, 0.4) is 0 Å². The molecule has 0 radical (unpaired) electrons. The van der Waals surface area contributed by atoms with Crippen LogP contribution in [-0.4, -0.2) is 17.3 Å². The van der Waals surface area contributed by atoms with Gasteiger partial charge in [0.15, 0.2) is 0 Å². The zero-order valence-corrected chi connectivity index (χ0v) is 11.8. The molecule has 0 heterocycles. The van der Waals surface area contributed by atoms with Crippen LogP contribution < -0.4 is 5.32 Å². The maximum absolute atomic E-state index is 9.65. The lowest BCUT2D eigenvalue weighted by Crippen LogP contribution is -2.37. The maximum Gasteiger partial charge on any atom is 0.0555 e. The number of hydrogen-bond donors (Lipinski definition) is 2. The first kappa shape index (κ1) is 13.1. The second-order valence-electron chi connectivity index (χ2n) is 4.96. The number of aliphatic hydroxyl groups excluding tert-OH is 1. The number of rotatable bonds is 3. The number of aliphatic hydroxyl groups is 1. The monoisotopic (exact) mass is 297 g/mol. The third-order valence-corrected chi connectivity index (χ3v) is 4.03. The quantitative estimate of drug-likeness (QED) is 0.896. The van der Waals surface area contributed by atoms with Crippen LogP contribution in [0, 0.1) is 0 Å². The molecule has 2 rings (SSSR count). The first-order valence-electron chi connectivity index (χ1n) is 6.34. The molecule has 17 heavy (non-hydrogen) atoms. The van der Waals surface area contributed by atoms with E-state index in [-0.39, 0.29) is 6.10 Å². The molecule has 0 aromatic heterocycles. The second kappa shape index (κ2) is 5.98. The van der Waals surface area contributed by atoms with E-state index in [4.69, 9.17) is 0 Å². The van der Waals surface area contributed by atoms with Crippen molar-refractivity contribution in [3.05, 3.63) is 34.3 Å². The van der Waals surface area contributed by atoms with E-state index in [1.807, 2.05) is 0 Å². The highest BCUT2D eigenvalue weighted by Crippen LogP contribution is 2.22. The Labute approximate surface area is 112 Å². The highest BCUT2D eigenvalue weighted by molar-refractivity contribution is 9.10. The normalized spacial score (nSPS) is 26.8. The predicted octanol–water partition coefficient (Wildman–Crippen LogP) is 3.40. The Kier molecular flexibility index (Phi) is 4.60. The molecule has 94 valence electrons. The van der Waals surface area contributed by atoms with E-state index in [0.717, 1.165) is 23.7 Å². The fourth-order valence-corrected chi connectivity index (χ4v) is 2.78. The highest BCUT2D eigenvalue weighted by Gasteiger charge is 2.21. The van der Waals surface area contributed by atoms with Gasteiger partial charge >= 0.3 is 0 Å². The van der Waals surface area contributed by atoms with E-state index in [2.05, 4.69) is 52.4 Å². The van der Waals surface area contributed by atoms with Crippen molar-refractivity contribution in [2.45, 2.75) is 50.8 Å². The summed E-state index contributed by atoms with van der Waals surface area (Å²) in [6, 6.07) is 9.23. The van der Waals surface area contributed by atoms with Gasteiger partial charge in [0.05, 0.1) is 6.10 Å². The van der Waals surface area contributed by atoms with Crippen LogP contribution in [0.1, 0.15) is 44.2 Å². The van der Waals surface area contributed by atoms with Crippen molar-refractivity contribution < 1.29 is 5.11 Å². The van der Waals surface area contributed by atoms with E-state index in [1.54, 1.807) is 0 Å². The molecule has 1 aliphatic rings. The molecule has 0 bridgehead atoms. The van der Waals surface area contributed by atoms with Gasteiger partial charge in [-0.25, -0.2) is 0 Å². The van der Waals surface area contributed by atoms with Gasteiger partial charge < -0.3 is 10.4 Å². The molecule has 3 atom stereocenters. The van der Waals surface area contributed by atoms with E-state index in [0.29, 0.717) is 12.1 Å². The molecule has 0 aliphatic heterocycles. The molecular formula is C14H20BrNO. The molecule has 1 aromatic carbocycles. The summed E-state index contributed by atoms with van der Waals surface area (Å²) in [7, 11) is 0. The van der Waals surface area contributed by atoms with E-state index < -0.39 is 0 Å². The van der Waals surface area contributed by atoms with E-state index in [1.165, 1.54) is 12.0 Å². The van der Waals surface area contributed by atoms with Crippen molar-refractivity contribution in [1.82, 2.24) is 5.32 Å². The third-order valence-electron chi connectivity index (χ3n) is 3.50. The molecule has 0 saturated heterocycles. The van der Waals surface area contributed by atoms with Gasteiger partial charge in [0, 0.05) is 16.6 Å². The van der Waals surface area contributed by atoms with Crippen LogP contribution in [-0.2, 0) is 0 Å². The van der Waals surface area contributed by atoms with Gasteiger partial charge in [-0.05, 0) is 50.3 Å². The van der Waals surface area contributed by atoms with Crippen LogP contribution in [0.4, 0.5) is 0 Å². The lowest BCUT2D eigenvalue weighted by atomic mass is 9.92. The lowest BCUT2D eigenvalue weighted by molar-refractivity contribution is 0.109. The van der Waals surface area contributed by atoms with E-state index in [9.17, 15) is 5.11 Å². The summed E-state index contributed by atoms with van der Waals surface area (Å²) in [6.45, 7) is 2.18. The van der Waals surface area contributed by atoms with Gasteiger partial charge in [-0.15, -0.1) is 0 Å². The molecule has 1 aromatic rings. The summed E-state index contributed by atoms with van der Waals surface area (Å²) in [5.41, 5.74) is 1.30. The average molecular weight is 298 g/mol. The van der Waals surface area contributed by atoms with Crippen molar-refractivity contribution in [3.63, 3.8) is 0 Å².